The third-order valence-corrected chi connectivity index (χ3v) is 12.4. The Morgan fingerprint density at radius 3 is 1.57 bits per heavy atom. The Morgan fingerprint density at radius 1 is 0.338 bits per heavy atom. The molecule has 0 saturated carbocycles. The number of hydrogen-bond donors (Lipinski definition) is 0. The average Bonchev–Trinajstić information content (AvgIpc) is 4.08. The van der Waals surface area contributed by atoms with Crippen LogP contribution in [0.2, 0.25) is 0 Å². The first kappa shape index (κ1) is 36.7. The maximum atomic E-state index is 6.45. The van der Waals surface area contributed by atoms with E-state index in [0.717, 1.165) is 99.3 Å². The standard InChI is InChI=1S/C58H36N6O/c1-4-16-37(17-5-1)41-22-14-23-42(36-41)56-60-55(39-18-6-2-7-19-39)61-58(62-56)64-51-29-13-11-25-46(51)48-35-34-47-45-24-10-12-28-50(45)63(52(47)53(48)64)43-32-30-38(31-33-43)44-26-15-27-49-54(44)65-57(59-49)40-20-8-3-9-21-40/h1-36H. The summed E-state index contributed by atoms with van der Waals surface area (Å²) >= 11 is 0. The highest BCUT2D eigenvalue weighted by Gasteiger charge is 2.24. The van der Waals surface area contributed by atoms with Gasteiger partial charge in [0.05, 0.1) is 22.1 Å². The number of hydrogen-bond acceptors (Lipinski definition) is 5. The molecule has 0 aliphatic heterocycles. The van der Waals surface area contributed by atoms with Gasteiger partial charge in [0.1, 0.15) is 5.52 Å². The van der Waals surface area contributed by atoms with Crippen LogP contribution in [0, 0.1) is 0 Å². The van der Waals surface area contributed by atoms with Crippen LogP contribution in [0.25, 0.3) is 123 Å². The van der Waals surface area contributed by atoms with Gasteiger partial charge in [0.15, 0.2) is 17.2 Å². The Balaban J connectivity index is 1.05. The Labute approximate surface area is 373 Å². The predicted octanol–water partition coefficient (Wildman–Crippen LogP) is 14.5. The molecule has 13 aromatic rings. The molecule has 0 aliphatic rings. The minimum absolute atomic E-state index is 0.542. The first-order chi connectivity index (χ1) is 32.2. The summed E-state index contributed by atoms with van der Waals surface area (Å²) in [5, 5.41) is 4.51. The van der Waals surface area contributed by atoms with Gasteiger partial charge in [-0.3, -0.25) is 4.57 Å². The van der Waals surface area contributed by atoms with Gasteiger partial charge in [0.2, 0.25) is 11.8 Å². The SMILES string of the molecule is c1ccc(-c2cccc(-c3nc(-c4ccccc4)nc(-n4c5ccccc5c5ccc6c7ccccc7n(-c7ccc(-c8cccc9nc(-c%10ccccc%10)oc89)cc7)c6c54)n3)c2)cc1. The lowest BCUT2D eigenvalue weighted by molar-refractivity contribution is 0.621. The summed E-state index contributed by atoms with van der Waals surface area (Å²) in [6.07, 6.45) is 0. The number of benzene rings is 9. The third kappa shape index (κ3) is 6.05. The second kappa shape index (κ2) is 14.9. The molecule has 0 fully saturated rings. The highest BCUT2D eigenvalue weighted by Crippen LogP contribution is 2.42. The van der Waals surface area contributed by atoms with E-state index in [9.17, 15) is 0 Å². The van der Waals surface area contributed by atoms with E-state index in [1.807, 2.05) is 66.7 Å². The summed E-state index contributed by atoms with van der Waals surface area (Å²) < 4.78 is 11.1. The summed E-state index contributed by atoms with van der Waals surface area (Å²) in [7, 11) is 0. The Bertz CT molecular complexity index is 3930. The second-order valence-electron chi connectivity index (χ2n) is 16.2. The normalized spacial score (nSPS) is 11.7. The maximum Gasteiger partial charge on any atom is 0.238 e. The lowest BCUT2D eigenvalue weighted by atomic mass is 10.0. The molecule has 65 heavy (non-hydrogen) atoms. The summed E-state index contributed by atoms with van der Waals surface area (Å²) in [4.78, 5) is 20.7. The molecule has 4 aromatic heterocycles. The monoisotopic (exact) mass is 832 g/mol. The molecule has 0 radical (unpaired) electrons. The van der Waals surface area contributed by atoms with Crippen molar-refractivity contribution in [1.82, 2.24) is 29.1 Å². The molecule has 4 heterocycles. The first-order valence-electron chi connectivity index (χ1n) is 21.7. The van der Waals surface area contributed by atoms with E-state index in [4.69, 9.17) is 24.4 Å². The van der Waals surface area contributed by atoms with Crippen LogP contribution in [-0.4, -0.2) is 29.1 Å². The fourth-order valence-corrected chi connectivity index (χ4v) is 9.43. The molecule has 0 bridgehead atoms. The molecule has 304 valence electrons. The first-order valence-corrected chi connectivity index (χ1v) is 21.7. The number of fused-ring (bicyclic) bond motifs is 8. The zero-order chi connectivity index (χ0) is 42.8. The highest BCUT2D eigenvalue weighted by atomic mass is 16.3. The Morgan fingerprint density at radius 2 is 0.877 bits per heavy atom. The zero-order valence-electron chi connectivity index (χ0n) is 34.9. The van der Waals surface area contributed by atoms with E-state index < -0.39 is 0 Å². The van der Waals surface area contributed by atoms with Crippen LogP contribution in [0.4, 0.5) is 0 Å². The number of nitrogens with zero attached hydrogens (tertiary/aromatic N) is 6. The van der Waals surface area contributed by atoms with E-state index in [1.165, 1.54) is 0 Å². The van der Waals surface area contributed by atoms with Crippen molar-refractivity contribution < 1.29 is 4.42 Å². The molecule has 7 nitrogen and oxygen atoms in total. The molecule has 0 unspecified atom stereocenters. The van der Waals surface area contributed by atoms with Crippen molar-refractivity contribution in [1.29, 1.82) is 0 Å². The summed E-state index contributed by atoms with van der Waals surface area (Å²) in [5.74, 6) is 2.34. The van der Waals surface area contributed by atoms with Crippen LogP contribution in [0.1, 0.15) is 0 Å². The van der Waals surface area contributed by atoms with E-state index in [1.54, 1.807) is 0 Å². The van der Waals surface area contributed by atoms with Gasteiger partial charge in [0, 0.05) is 49.5 Å². The summed E-state index contributed by atoms with van der Waals surface area (Å²) in [6.45, 7) is 0. The molecular weight excluding hydrogens is 797 g/mol. The van der Waals surface area contributed by atoms with Crippen molar-refractivity contribution in [3.05, 3.63) is 218 Å². The molecule has 0 atom stereocenters. The van der Waals surface area contributed by atoms with Crippen molar-refractivity contribution in [3.63, 3.8) is 0 Å². The maximum absolute atomic E-state index is 6.45. The van der Waals surface area contributed by atoms with Crippen molar-refractivity contribution in [2.24, 2.45) is 0 Å². The smallest absolute Gasteiger partial charge is 0.238 e. The minimum atomic E-state index is 0.542. The quantitative estimate of drug-likeness (QED) is 0.160. The van der Waals surface area contributed by atoms with Gasteiger partial charge in [-0.15, -0.1) is 0 Å². The number of para-hydroxylation sites is 3. The van der Waals surface area contributed by atoms with Crippen LogP contribution >= 0.6 is 0 Å². The van der Waals surface area contributed by atoms with Crippen molar-refractivity contribution >= 4 is 54.7 Å². The van der Waals surface area contributed by atoms with E-state index >= 15 is 0 Å². The van der Waals surface area contributed by atoms with Gasteiger partial charge < -0.3 is 8.98 Å². The van der Waals surface area contributed by atoms with Gasteiger partial charge in [0.25, 0.3) is 0 Å². The summed E-state index contributed by atoms with van der Waals surface area (Å²) in [5.41, 5.74) is 13.8. The van der Waals surface area contributed by atoms with Crippen LogP contribution < -0.4 is 0 Å². The molecule has 13 rings (SSSR count). The fourth-order valence-electron chi connectivity index (χ4n) is 9.43. The minimum Gasteiger partial charge on any atom is -0.435 e. The van der Waals surface area contributed by atoms with E-state index in [-0.39, 0.29) is 0 Å². The molecule has 0 amide bonds. The van der Waals surface area contributed by atoms with Crippen molar-refractivity contribution in [2.75, 3.05) is 0 Å². The van der Waals surface area contributed by atoms with Gasteiger partial charge in [-0.05, 0) is 65.2 Å². The predicted molar refractivity (Wildman–Crippen MR) is 263 cm³/mol. The van der Waals surface area contributed by atoms with E-state index in [0.29, 0.717) is 23.5 Å². The molecule has 0 N–H and O–H groups in total. The Hall–Kier alpha value is -8.94. The Kier molecular flexibility index (Phi) is 8.39. The topological polar surface area (TPSA) is 74.6 Å². The third-order valence-electron chi connectivity index (χ3n) is 12.4. The lowest BCUT2D eigenvalue weighted by Gasteiger charge is -2.14. The lowest BCUT2D eigenvalue weighted by Crippen LogP contribution is -2.07. The summed E-state index contributed by atoms with van der Waals surface area (Å²) in [6, 6.07) is 75.7. The van der Waals surface area contributed by atoms with Crippen LogP contribution in [0.5, 0.6) is 0 Å². The molecule has 0 spiro atoms. The largest absolute Gasteiger partial charge is 0.435 e. The van der Waals surface area contributed by atoms with Gasteiger partial charge in [-0.1, -0.05) is 170 Å². The zero-order valence-corrected chi connectivity index (χ0v) is 34.9. The van der Waals surface area contributed by atoms with Crippen LogP contribution in [-0.2, 0) is 0 Å². The second-order valence-corrected chi connectivity index (χ2v) is 16.2. The van der Waals surface area contributed by atoms with E-state index in [2.05, 4.69) is 161 Å². The fraction of sp³-hybridized carbons (Fsp3) is 0. The molecular formula is C58H36N6O. The van der Waals surface area contributed by atoms with Crippen molar-refractivity contribution in [3.8, 4) is 68.1 Å². The molecule has 0 aliphatic carbocycles. The highest BCUT2D eigenvalue weighted by molar-refractivity contribution is 6.23. The molecule has 9 aromatic carbocycles. The van der Waals surface area contributed by atoms with Gasteiger partial charge in [-0.25, -0.2) is 9.97 Å². The van der Waals surface area contributed by atoms with Crippen LogP contribution in [0.3, 0.4) is 0 Å². The number of aromatic nitrogens is 6. The number of rotatable bonds is 7. The average molecular weight is 833 g/mol. The number of oxazole rings is 1. The van der Waals surface area contributed by atoms with Crippen molar-refractivity contribution in [2.45, 2.75) is 0 Å². The molecule has 7 heteroatoms. The van der Waals surface area contributed by atoms with Crippen LogP contribution in [0.15, 0.2) is 223 Å². The van der Waals surface area contributed by atoms with Gasteiger partial charge in [-0.2, -0.15) is 9.97 Å². The van der Waals surface area contributed by atoms with Gasteiger partial charge >= 0.3 is 0 Å². The molecule has 0 saturated heterocycles.